The highest BCUT2D eigenvalue weighted by Crippen LogP contribution is 2.57. The van der Waals surface area contributed by atoms with Gasteiger partial charge in [-0.25, -0.2) is 0 Å². The molecule has 0 N–H and O–H groups in total. The number of hydrogen-bond acceptors (Lipinski definition) is 2. The smallest absolute Gasteiger partial charge is 0.329 e. The quantitative estimate of drug-likeness (QED) is 0.150. The summed E-state index contributed by atoms with van der Waals surface area (Å²) in [6.07, 6.45) is 0. The summed E-state index contributed by atoms with van der Waals surface area (Å²) in [4.78, 5) is 2.76. The van der Waals surface area contributed by atoms with E-state index in [4.69, 9.17) is 4.42 Å². The predicted octanol–water partition coefficient (Wildman–Crippen LogP) is 11.7. The summed E-state index contributed by atoms with van der Waals surface area (Å²) in [5.74, 6) is 0. The minimum absolute atomic E-state index is 0.00165. The van der Waals surface area contributed by atoms with Crippen LogP contribution < -0.4 is 15.7 Å². The van der Waals surface area contributed by atoms with Gasteiger partial charge in [0, 0.05) is 38.5 Å². The van der Waals surface area contributed by atoms with Gasteiger partial charge in [-0.3, -0.25) is 0 Å². The third-order valence-electron chi connectivity index (χ3n) is 12.7. The zero-order valence-electron chi connectivity index (χ0n) is 32.9. The van der Waals surface area contributed by atoms with Crippen LogP contribution in [-0.2, 0) is 27.1 Å². The molecule has 1 aromatic heterocycles. The van der Waals surface area contributed by atoms with Crippen molar-refractivity contribution in [1.82, 2.24) is 0 Å². The van der Waals surface area contributed by atoms with Gasteiger partial charge in [-0.05, 0) is 95.9 Å². The Kier molecular flexibility index (Phi) is 6.27. The van der Waals surface area contributed by atoms with Crippen LogP contribution in [0.2, 0.25) is 0 Å². The van der Waals surface area contributed by atoms with Crippen molar-refractivity contribution in [2.45, 2.75) is 117 Å². The third-order valence-corrected chi connectivity index (χ3v) is 12.7. The Labute approximate surface area is 305 Å². The van der Waals surface area contributed by atoms with Crippen LogP contribution in [0.5, 0.6) is 0 Å². The van der Waals surface area contributed by atoms with E-state index in [1.54, 1.807) is 0 Å². The third kappa shape index (κ3) is 4.30. The standard InChI is InChI=1S/C48H52BNO/c1-44(2,3)27-18-20-37-33(24-27)47(10,11)35-26-29(46(7,8)9)23-32-31-22-28(45(4,5)6)25-34-42(31)49(50(37)43(32)35)36-19-21-39-40(41(36)48(34,12)13)30-16-14-15-17-38(30)51-39/h14-26H,1-13H3. The average Bonchev–Trinajstić information content (AvgIpc) is 3.42. The van der Waals surface area contributed by atoms with Gasteiger partial charge in [-0.2, -0.15) is 0 Å². The maximum atomic E-state index is 6.58. The van der Waals surface area contributed by atoms with E-state index in [1.807, 2.05) is 0 Å². The summed E-state index contributed by atoms with van der Waals surface area (Å²) in [5, 5.41) is 2.46. The molecule has 0 atom stereocenters. The van der Waals surface area contributed by atoms with Crippen LogP contribution in [0.4, 0.5) is 11.4 Å². The zero-order valence-corrected chi connectivity index (χ0v) is 32.9. The molecule has 0 saturated heterocycles. The fourth-order valence-corrected chi connectivity index (χ4v) is 9.67. The van der Waals surface area contributed by atoms with Gasteiger partial charge in [0.2, 0.25) is 0 Å². The second-order valence-electron chi connectivity index (χ2n) is 19.9. The zero-order chi connectivity index (χ0) is 36.4. The van der Waals surface area contributed by atoms with Crippen molar-refractivity contribution in [3.05, 3.63) is 118 Å². The van der Waals surface area contributed by atoms with E-state index in [9.17, 15) is 0 Å². The molecule has 0 saturated carbocycles. The lowest BCUT2D eigenvalue weighted by molar-refractivity contribution is 0.573. The number of furan rings is 1. The van der Waals surface area contributed by atoms with Crippen molar-refractivity contribution in [3.8, 4) is 11.1 Å². The van der Waals surface area contributed by atoms with Crippen molar-refractivity contribution >= 4 is 51.1 Å². The Balaban J connectivity index is 1.49. The van der Waals surface area contributed by atoms with Crippen LogP contribution in [0.1, 0.15) is 129 Å². The lowest BCUT2D eigenvalue weighted by atomic mass is 9.37. The molecule has 3 aliphatic rings. The van der Waals surface area contributed by atoms with E-state index >= 15 is 0 Å². The van der Waals surface area contributed by atoms with Crippen molar-refractivity contribution in [2.24, 2.45) is 0 Å². The molecule has 0 amide bonds. The summed E-state index contributed by atoms with van der Waals surface area (Å²) >= 11 is 0. The number of para-hydroxylation sites is 1. The predicted molar refractivity (Wildman–Crippen MR) is 220 cm³/mol. The van der Waals surface area contributed by atoms with Gasteiger partial charge in [0.15, 0.2) is 0 Å². The highest BCUT2D eigenvalue weighted by molar-refractivity contribution is 6.92. The molecule has 0 radical (unpaired) electrons. The Morgan fingerprint density at radius 1 is 0.569 bits per heavy atom. The Hall–Kier alpha value is -4.24. The molecule has 0 fully saturated rings. The van der Waals surface area contributed by atoms with Gasteiger partial charge in [0.25, 0.3) is 0 Å². The molecule has 0 spiro atoms. The molecule has 9 rings (SSSR count). The van der Waals surface area contributed by atoms with Gasteiger partial charge in [-0.1, -0.05) is 145 Å². The van der Waals surface area contributed by atoms with Crippen LogP contribution in [0.3, 0.4) is 0 Å². The van der Waals surface area contributed by atoms with E-state index in [1.165, 1.54) is 83.1 Å². The van der Waals surface area contributed by atoms with E-state index in [0.717, 1.165) is 11.2 Å². The topological polar surface area (TPSA) is 16.4 Å². The highest BCUT2D eigenvalue weighted by atomic mass is 16.3. The fourth-order valence-electron chi connectivity index (χ4n) is 9.67. The number of hydrogen-bond donors (Lipinski definition) is 0. The van der Waals surface area contributed by atoms with E-state index in [0.29, 0.717) is 0 Å². The maximum Gasteiger partial charge on any atom is 0.329 e. The monoisotopic (exact) mass is 669 g/mol. The molecular weight excluding hydrogens is 617 g/mol. The van der Waals surface area contributed by atoms with E-state index < -0.39 is 0 Å². The SMILES string of the molecule is CC(C)(C)c1ccc2c(c1)C(C)(C)c1cc(C(C)(C)C)cc3c1N2B1c2ccc4oc5ccccc5c4c2C(C)(C)c2cc(C(C)(C)C)cc-3c21. The molecule has 4 heterocycles. The molecule has 6 aromatic rings. The van der Waals surface area contributed by atoms with Crippen LogP contribution in [0.25, 0.3) is 33.1 Å². The van der Waals surface area contributed by atoms with Crippen LogP contribution >= 0.6 is 0 Å². The van der Waals surface area contributed by atoms with E-state index in [2.05, 4.69) is 174 Å². The Morgan fingerprint density at radius 2 is 1.18 bits per heavy atom. The van der Waals surface area contributed by atoms with Crippen LogP contribution in [0, 0.1) is 0 Å². The molecule has 0 unspecified atom stereocenters. The molecule has 3 heteroatoms. The average molecular weight is 670 g/mol. The first kappa shape index (κ1) is 32.7. The molecule has 258 valence electrons. The summed E-state index contributed by atoms with van der Waals surface area (Å²) in [6, 6.07) is 30.8. The van der Waals surface area contributed by atoms with Gasteiger partial charge < -0.3 is 9.23 Å². The van der Waals surface area contributed by atoms with Crippen LogP contribution in [0.15, 0.2) is 83.3 Å². The molecule has 5 aromatic carbocycles. The minimum Gasteiger partial charge on any atom is -0.456 e. The normalized spacial score (nSPS) is 17.0. The van der Waals surface area contributed by atoms with Crippen molar-refractivity contribution in [2.75, 3.05) is 4.81 Å². The van der Waals surface area contributed by atoms with Gasteiger partial charge in [0.1, 0.15) is 11.2 Å². The van der Waals surface area contributed by atoms with Gasteiger partial charge in [0.05, 0.1) is 0 Å². The second kappa shape index (κ2) is 9.79. The second-order valence-corrected chi connectivity index (χ2v) is 19.9. The Morgan fingerprint density at radius 3 is 1.84 bits per heavy atom. The van der Waals surface area contributed by atoms with Crippen molar-refractivity contribution in [1.29, 1.82) is 0 Å². The van der Waals surface area contributed by atoms with Crippen molar-refractivity contribution in [3.63, 3.8) is 0 Å². The lowest BCUT2D eigenvalue weighted by Gasteiger charge is -2.53. The summed E-state index contributed by atoms with van der Waals surface area (Å²) in [5.41, 5.74) is 19.7. The lowest BCUT2D eigenvalue weighted by Crippen LogP contribution is -2.65. The first-order valence-corrected chi connectivity index (χ1v) is 19.0. The number of nitrogens with zero attached hydrogens (tertiary/aromatic N) is 1. The van der Waals surface area contributed by atoms with Gasteiger partial charge in [-0.15, -0.1) is 0 Å². The molecule has 51 heavy (non-hydrogen) atoms. The van der Waals surface area contributed by atoms with E-state index in [-0.39, 0.29) is 33.9 Å². The molecule has 3 aliphatic heterocycles. The summed E-state index contributed by atoms with van der Waals surface area (Å²) < 4.78 is 6.58. The minimum atomic E-state index is -0.265. The number of rotatable bonds is 0. The van der Waals surface area contributed by atoms with Crippen LogP contribution in [-0.4, -0.2) is 6.85 Å². The summed E-state index contributed by atoms with van der Waals surface area (Å²) in [6.45, 7) is 31.1. The summed E-state index contributed by atoms with van der Waals surface area (Å²) in [7, 11) is 0. The first-order chi connectivity index (χ1) is 23.7. The first-order valence-electron chi connectivity index (χ1n) is 19.0. The number of benzene rings is 5. The van der Waals surface area contributed by atoms with Crippen molar-refractivity contribution < 1.29 is 4.42 Å². The Bertz CT molecular complexity index is 2490. The molecule has 0 bridgehead atoms. The molecule has 0 aliphatic carbocycles. The number of fused-ring (bicyclic) bond motifs is 10. The van der Waals surface area contributed by atoms with Gasteiger partial charge >= 0.3 is 6.85 Å². The molecular formula is C48H52BNO. The highest BCUT2D eigenvalue weighted by Gasteiger charge is 2.53. The maximum absolute atomic E-state index is 6.58. The fraction of sp³-hybridized carbons (Fsp3) is 0.375. The largest absolute Gasteiger partial charge is 0.456 e. The molecule has 2 nitrogen and oxygen atoms in total. The number of anilines is 2.